The largest absolute Gasteiger partial charge is 0.467 e. The van der Waals surface area contributed by atoms with Crippen molar-refractivity contribution in [1.82, 2.24) is 15.1 Å². The normalized spacial score (nSPS) is 14.0. The molecule has 136 valence electrons. The average molecular weight is 360 g/mol. The van der Waals surface area contributed by atoms with Gasteiger partial charge in [-0.2, -0.15) is 5.10 Å². The van der Waals surface area contributed by atoms with Crippen LogP contribution in [0.15, 0.2) is 6.20 Å². The van der Waals surface area contributed by atoms with Gasteiger partial charge in [-0.05, 0) is 18.9 Å². The molecule has 0 aliphatic carbocycles. The summed E-state index contributed by atoms with van der Waals surface area (Å²) in [5, 5.41) is 6.60. The third-order valence-corrected chi connectivity index (χ3v) is 4.68. The Hall–Kier alpha value is -1.94. The van der Waals surface area contributed by atoms with Crippen LogP contribution in [-0.4, -0.2) is 61.3 Å². The number of nitrogens with two attached hydrogens (primary N) is 1. The molecule has 9 nitrogen and oxygen atoms in total. The van der Waals surface area contributed by atoms with E-state index in [0.29, 0.717) is 0 Å². The first-order valence-electron chi connectivity index (χ1n) is 7.34. The molecule has 0 aliphatic rings. The Morgan fingerprint density at radius 2 is 2.08 bits per heavy atom. The summed E-state index contributed by atoms with van der Waals surface area (Å²) in [7, 11) is -0.223. The summed E-state index contributed by atoms with van der Waals surface area (Å²) in [6.07, 6.45) is 2.86. The lowest BCUT2D eigenvalue weighted by Gasteiger charge is -2.19. The molecule has 0 spiro atoms. The molecule has 0 saturated heterocycles. The van der Waals surface area contributed by atoms with E-state index < -0.39 is 33.8 Å². The molecule has 1 aromatic heterocycles. The van der Waals surface area contributed by atoms with E-state index >= 15 is 0 Å². The predicted molar refractivity (Wildman–Crippen MR) is 87.9 cm³/mol. The van der Waals surface area contributed by atoms with Crippen LogP contribution in [0.4, 0.5) is 0 Å². The molecule has 0 fully saturated rings. The number of esters is 1. The van der Waals surface area contributed by atoms with Crippen LogP contribution in [-0.2, 0) is 37.6 Å². The quantitative estimate of drug-likeness (QED) is 0.550. The highest BCUT2D eigenvalue weighted by Gasteiger charge is 2.26. The van der Waals surface area contributed by atoms with E-state index in [-0.39, 0.29) is 18.6 Å². The van der Waals surface area contributed by atoms with Gasteiger partial charge in [0.1, 0.15) is 15.9 Å². The van der Waals surface area contributed by atoms with E-state index in [0.717, 1.165) is 17.5 Å². The predicted octanol–water partition coefficient (Wildman–Crippen LogP) is -1.31. The minimum atomic E-state index is -3.22. The number of hydrogen-bond acceptors (Lipinski definition) is 7. The number of aromatic nitrogens is 2. The van der Waals surface area contributed by atoms with Gasteiger partial charge < -0.3 is 15.8 Å². The minimum absolute atomic E-state index is 0.0233. The monoisotopic (exact) mass is 360 g/mol. The van der Waals surface area contributed by atoms with Gasteiger partial charge in [-0.25, -0.2) is 13.2 Å². The third-order valence-electron chi connectivity index (χ3n) is 3.70. The number of amides is 1. The highest BCUT2D eigenvalue weighted by molar-refractivity contribution is 7.90. The first-order valence-corrected chi connectivity index (χ1v) is 9.40. The van der Waals surface area contributed by atoms with Gasteiger partial charge in [0, 0.05) is 25.4 Å². The van der Waals surface area contributed by atoms with Gasteiger partial charge in [0.15, 0.2) is 0 Å². The number of nitrogens with one attached hydrogen (secondary N) is 1. The Morgan fingerprint density at radius 1 is 1.46 bits per heavy atom. The van der Waals surface area contributed by atoms with Crippen LogP contribution in [0.25, 0.3) is 0 Å². The van der Waals surface area contributed by atoms with Crippen molar-refractivity contribution in [2.24, 2.45) is 12.8 Å². The Balaban J connectivity index is 2.77. The lowest BCUT2D eigenvalue weighted by atomic mass is 10.1. The second kappa shape index (κ2) is 8.25. The molecule has 0 aliphatic heterocycles. The number of sulfone groups is 1. The number of methoxy groups -OCH3 is 1. The van der Waals surface area contributed by atoms with Crippen LogP contribution in [0.1, 0.15) is 17.7 Å². The number of rotatable bonds is 8. The molecule has 1 unspecified atom stereocenters. The van der Waals surface area contributed by atoms with Gasteiger partial charge in [-0.1, -0.05) is 0 Å². The highest BCUT2D eigenvalue weighted by Crippen LogP contribution is 2.10. The Bertz CT molecular complexity index is 698. The Morgan fingerprint density at radius 3 is 2.54 bits per heavy atom. The Labute approximate surface area is 141 Å². The van der Waals surface area contributed by atoms with Gasteiger partial charge in [0.25, 0.3) is 0 Å². The summed E-state index contributed by atoms with van der Waals surface area (Å²) in [5.74, 6) is -1.41. The smallest absolute Gasteiger partial charge is 0.328 e. The maximum absolute atomic E-state index is 12.1. The van der Waals surface area contributed by atoms with Crippen molar-refractivity contribution in [1.29, 1.82) is 0 Å². The topological polar surface area (TPSA) is 133 Å². The molecular weight excluding hydrogens is 336 g/mol. The van der Waals surface area contributed by atoms with Crippen molar-refractivity contribution >= 4 is 21.7 Å². The molecule has 0 aromatic carbocycles. The van der Waals surface area contributed by atoms with E-state index in [4.69, 9.17) is 10.5 Å². The molecule has 1 aromatic rings. The summed E-state index contributed by atoms with van der Waals surface area (Å²) in [4.78, 5) is 24.0. The van der Waals surface area contributed by atoms with Gasteiger partial charge in [-0.15, -0.1) is 0 Å². The van der Waals surface area contributed by atoms with Crippen molar-refractivity contribution < 1.29 is 22.7 Å². The van der Waals surface area contributed by atoms with Crippen LogP contribution in [0.3, 0.4) is 0 Å². The summed E-state index contributed by atoms with van der Waals surface area (Å²) in [5.41, 5.74) is 7.35. The lowest BCUT2D eigenvalue weighted by molar-refractivity contribution is -0.145. The van der Waals surface area contributed by atoms with E-state index in [1.165, 1.54) is 7.11 Å². The van der Waals surface area contributed by atoms with Gasteiger partial charge >= 0.3 is 5.97 Å². The second-order valence-corrected chi connectivity index (χ2v) is 7.95. The zero-order chi connectivity index (χ0) is 18.5. The summed E-state index contributed by atoms with van der Waals surface area (Å²) < 4.78 is 28.7. The van der Waals surface area contributed by atoms with Crippen molar-refractivity contribution in [3.63, 3.8) is 0 Å². The summed E-state index contributed by atoms with van der Waals surface area (Å²) >= 11 is 0. The molecule has 1 amide bonds. The standard InChI is InChI=1S/C14H24N4O5S/c1-9-10(8-16-18(9)2)7-12(14(20)23-3)17-13(19)11(15)5-6-24(4,21)22/h8,11-12H,5-7,15H2,1-4H3,(H,17,19)/t11-,12?/m1/s1. The molecule has 0 bridgehead atoms. The number of hydrogen-bond donors (Lipinski definition) is 2. The molecule has 1 heterocycles. The van der Waals surface area contributed by atoms with Gasteiger partial charge in [-0.3, -0.25) is 9.48 Å². The van der Waals surface area contributed by atoms with Crippen LogP contribution in [0.5, 0.6) is 0 Å². The molecule has 3 N–H and O–H groups in total. The van der Waals surface area contributed by atoms with Crippen LogP contribution < -0.4 is 11.1 Å². The number of carbonyl (C=O) groups excluding carboxylic acids is 2. The number of nitrogens with zero attached hydrogens (tertiary/aromatic N) is 2. The first kappa shape index (κ1) is 20.1. The minimum Gasteiger partial charge on any atom is -0.467 e. The van der Waals surface area contributed by atoms with Crippen molar-refractivity contribution in [2.45, 2.75) is 31.8 Å². The summed E-state index contributed by atoms with van der Waals surface area (Å²) in [6.45, 7) is 1.84. The molecular formula is C14H24N4O5S. The second-order valence-electron chi connectivity index (χ2n) is 5.69. The molecule has 24 heavy (non-hydrogen) atoms. The third kappa shape index (κ3) is 5.93. The molecule has 2 atom stereocenters. The van der Waals surface area contributed by atoms with Crippen molar-refractivity contribution in [3.05, 3.63) is 17.5 Å². The molecule has 1 rings (SSSR count). The SMILES string of the molecule is COC(=O)C(Cc1cnn(C)c1C)NC(=O)[C@H](N)CCS(C)(=O)=O. The highest BCUT2D eigenvalue weighted by atomic mass is 32.2. The lowest BCUT2D eigenvalue weighted by Crippen LogP contribution is -2.50. The van der Waals surface area contributed by atoms with Crippen LogP contribution >= 0.6 is 0 Å². The fraction of sp³-hybridized carbons (Fsp3) is 0.643. The van der Waals surface area contributed by atoms with E-state index in [9.17, 15) is 18.0 Å². The number of ether oxygens (including phenoxy) is 1. The molecule has 0 saturated carbocycles. The van der Waals surface area contributed by atoms with Crippen LogP contribution in [0, 0.1) is 6.92 Å². The number of carbonyl (C=O) groups is 2. The number of aryl methyl sites for hydroxylation is 1. The van der Waals surface area contributed by atoms with E-state index in [2.05, 4.69) is 10.4 Å². The molecule has 0 radical (unpaired) electrons. The van der Waals surface area contributed by atoms with Gasteiger partial charge in [0.2, 0.25) is 5.91 Å². The average Bonchev–Trinajstić information content (AvgIpc) is 2.82. The van der Waals surface area contributed by atoms with Crippen molar-refractivity contribution in [3.8, 4) is 0 Å². The zero-order valence-electron chi connectivity index (χ0n) is 14.3. The van der Waals surface area contributed by atoms with E-state index in [1.807, 2.05) is 6.92 Å². The maximum atomic E-state index is 12.1. The summed E-state index contributed by atoms with van der Waals surface area (Å²) in [6, 6.07) is -1.95. The Kier molecular flexibility index (Phi) is 6.91. The van der Waals surface area contributed by atoms with Crippen molar-refractivity contribution in [2.75, 3.05) is 19.1 Å². The molecule has 10 heteroatoms. The zero-order valence-corrected chi connectivity index (χ0v) is 15.1. The van der Waals surface area contributed by atoms with Crippen LogP contribution in [0.2, 0.25) is 0 Å². The fourth-order valence-electron chi connectivity index (χ4n) is 2.05. The first-order chi connectivity index (χ1) is 11.0. The van der Waals surface area contributed by atoms with E-state index in [1.54, 1.807) is 17.9 Å². The maximum Gasteiger partial charge on any atom is 0.328 e. The van der Waals surface area contributed by atoms with Gasteiger partial charge in [0.05, 0.1) is 25.1 Å². The fourth-order valence-corrected chi connectivity index (χ4v) is 2.73.